The Labute approximate surface area is 186 Å². The van der Waals surface area contributed by atoms with Gasteiger partial charge in [0.25, 0.3) is 5.56 Å². The number of aromatic nitrogens is 4. The smallest absolute Gasteiger partial charge is 0.295 e. The first-order valence-electron chi connectivity index (χ1n) is 10.2. The molecule has 3 heterocycles. The van der Waals surface area contributed by atoms with Gasteiger partial charge in [0, 0.05) is 12.6 Å². The van der Waals surface area contributed by atoms with Crippen LogP contribution >= 0.6 is 34.1 Å². The Morgan fingerprint density at radius 1 is 1.24 bits per heavy atom. The Kier molecular flexibility index (Phi) is 9.95. The van der Waals surface area contributed by atoms with Gasteiger partial charge in [0.05, 0.1) is 6.20 Å². The Morgan fingerprint density at radius 2 is 1.90 bits per heavy atom. The normalized spacial score (nSPS) is 17.6. The fraction of sp³-hybridized carbons (Fsp3) is 0.684. The van der Waals surface area contributed by atoms with Crippen molar-refractivity contribution in [1.29, 1.82) is 0 Å². The van der Waals surface area contributed by atoms with Crippen molar-refractivity contribution in [2.24, 2.45) is 11.8 Å². The second kappa shape index (κ2) is 11.9. The van der Waals surface area contributed by atoms with E-state index in [1.54, 1.807) is 10.8 Å². The number of halogens is 2. The highest BCUT2D eigenvalue weighted by atomic mass is 35.7. The number of nitrogens with zero attached hydrogens (tertiary/aromatic N) is 4. The van der Waals surface area contributed by atoms with Crippen LogP contribution in [0.2, 0.25) is 5.28 Å². The summed E-state index contributed by atoms with van der Waals surface area (Å²) in [4.78, 5) is 25.8. The topological polar surface area (TPSA) is 84.7 Å². The number of rotatable bonds is 5. The maximum Gasteiger partial charge on any atom is 0.295 e. The molecule has 2 N–H and O–H groups in total. The van der Waals surface area contributed by atoms with Crippen LogP contribution in [0.1, 0.15) is 52.5 Å². The third-order valence-corrected chi connectivity index (χ3v) is 5.51. The first kappa shape index (κ1) is 24.2. The van der Waals surface area contributed by atoms with Crippen molar-refractivity contribution in [3.05, 3.63) is 21.8 Å². The van der Waals surface area contributed by atoms with Gasteiger partial charge >= 0.3 is 0 Å². The zero-order valence-electron chi connectivity index (χ0n) is 17.2. The third kappa shape index (κ3) is 6.20. The number of anilines is 1. The van der Waals surface area contributed by atoms with Crippen molar-refractivity contribution in [2.45, 2.75) is 52.5 Å². The van der Waals surface area contributed by atoms with Gasteiger partial charge in [-0.3, -0.25) is 9.36 Å². The summed E-state index contributed by atoms with van der Waals surface area (Å²) in [5, 5.41) is 6.78. The van der Waals surface area contributed by atoms with Gasteiger partial charge in [-0.15, -0.1) is 0 Å². The predicted molar refractivity (Wildman–Crippen MR) is 124 cm³/mol. The molecular weight excluding hydrogens is 431 g/mol. The van der Waals surface area contributed by atoms with Gasteiger partial charge < -0.3 is 10.6 Å². The van der Waals surface area contributed by atoms with E-state index in [-0.39, 0.29) is 16.9 Å². The molecule has 1 aliphatic heterocycles. The quantitative estimate of drug-likeness (QED) is 0.454. The molecule has 2 fully saturated rings. The van der Waals surface area contributed by atoms with Crippen LogP contribution in [0.4, 0.5) is 5.82 Å². The molecule has 2 aromatic rings. The number of thiol groups is 1. The number of hydrogen-bond acceptors (Lipinski definition) is 7. The first-order valence-corrected chi connectivity index (χ1v) is 11.9. The van der Waals surface area contributed by atoms with Crippen LogP contribution in [0.25, 0.3) is 11.2 Å². The van der Waals surface area contributed by atoms with Crippen molar-refractivity contribution in [2.75, 3.05) is 25.0 Å². The van der Waals surface area contributed by atoms with E-state index in [1.165, 1.54) is 0 Å². The highest BCUT2D eigenvalue weighted by molar-refractivity contribution is 8.05. The molecule has 0 bridgehead atoms. The summed E-state index contributed by atoms with van der Waals surface area (Å²) in [5.74, 6) is 1.48. The van der Waals surface area contributed by atoms with Crippen molar-refractivity contribution in [1.82, 2.24) is 24.8 Å². The molecule has 1 unspecified atom stereocenters. The van der Waals surface area contributed by atoms with Gasteiger partial charge in [-0.2, -0.15) is 4.98 Å². The molecule has 1 atom stereocenters. The molecule has 10 heteroatoms. The Hall–Kier alpha value is -1.09. The van der Waals surface area contributed by atoms with E-state index >= 15 is 0 Å². The van der Waals surface area contributed by atoms with Gasteiger partial charge in [-0.05, 0) is 79.8 Å². The second-order valence-electron chi connectivity index (χ2n) is 7.14. The fourth-order valence-electron chi connectivity index (χ4n) is 3.59. The van der Waals surface area contributed by atoms with Gasteiger partial charge in [0.1, 0.15) is 5.52 Å². The SMILES string of the molecule is CC.CC(C1CC1)n1c(=O)c(NCC2CCNCC2)nc2cnc(Cl)nc21.SCl. The molecule has 162 valence electrons. The standard InChI is InChI=1S/C17H23ClN6O.C2H6.ClHS/c1-10(12-2-3-12)24-15-13(9-21-17(18)23-15)22-14(16(24)25)20-8-11-4-6-19-7-5-11;2*1-2/h9-12,19H,2-8H2,1H3,(H,20,22);1-2H3;2H. The van der Waals surface area contributed by atoms with E-state index in [1.807, 2.05) is 13.8 Å². The van der Waals surface area contributed by atoms with Crippen LogP contribution in [0, 0.1) is 11.8 Å². The third-order valence-electron chi connectivity index (χ3n) is 5.33. The lowest BCUT2D eigenvalue weighted by Gasteiger charge is -2.23. The molecule has 0 aromatic carbocycles. The summed E-state index contributed by atoms with van der Waals surface area (Å²) in [5.41, 5.74) is 1.01. The highest BCUT2D eigenvalue weighted by Crippen LogP contribution is 2.39. The van der Waals surface area contributed by atoms with E-state index in [2.05, 4.69) is 55.0 Å². The Bertz CT molecular complexity index is 839. The molecule has 4 rings (SSSR count). The van der Waals surface area contributed by atoms with Crippen LogP contribution in [-0.2, 0) is 0 Å². The number of hydrogen-bond donors (Lipinski definition) is 3. The predicted octanol–water partition coefficient (Wildman–Crippen LogP) is 4.32. The van der Waals surface area contributed by atoms with E-state index < -0.39 is 0 Å². The fourth-order valence-corrected chi connectivity index (χ4v) is 3.72. The molecule has 1 saturated carbocycles. The van der Waals surface area contributed by atoms with Crippen LogP contribution < -0.4 is 16.2 Å². The van der Waals surface area contributed by atoms with Crippen LogP contribution in [0.3, 0.4) is 0 Å². The molecule has 0 radical (unpaired) electrons. The molecule has 0 spiro atoms. The molecule has 0 amide bonds. The van der Waals surface area contributed by atoms with Gasteiger partial charge in [0.15, 0.2) is 11.5 Å². The molecule has 2 aliphatic rings. The van der Waals surface area contributed by atoms with E-state index in [4.69, 9.17) is 11.6 Å². The lowest BCUT2D eigenvalue weighted by atomic mass is 9.98. The van der Waals surface area contributed by atoms with Crippen LogP contribution in [0.5, 0.6) is 0 Å². The first-order chi connectivity index (χ1) is 14.1. The average Bonchev–Trinajstić information content (AvgIpc) is 3.61. The molecule has 1 saturated heterocycles. The minimum atomic E-state index is -0.115. The van der Waals surface area contributed by atoms with E-state index in [0.29, 0.717) is 28.8 Å². The highest BCUT2D eigenvalue weighted by Gasteiger charge is 2.32. The summed E-state index contributed by atoms with van der Waals surface area (Å²) in [6.07, 6.45) is 6.12. The van der Waals surface area contributed by atoms with Crippen molar-refractivity contribution >= 4 is 51.1 Å². The van der Waals surface area contributed by atoms with Crippen molar-refractivity contribution < 1.29 is 0 Å². The number of nitrogens with one attached hydrogen (secondary N) is 2. The average molecular weight is 461 g/mol. The maximum atomic E-state index is 13.1. The van der Waals surface area contributed by atoms with Gasteiger partial charge in [-0.1, -0.05) is 25.7 Å². The molecule has 2 aromatic heterocycles. The van der Waals surface area contributed by atoms with Crippen LogP contribution in [0.15, 0.2) is 11.0 Å². The molecule has 29 heavy (non-hydrogen) atoms. The van der Waals surface area contributed by atoms with E-state index in [9.17, 15) is 4.79 Å². The van der Waals surface area contributed by atoms with E-state index in [0.717, 1.165) is 45.3 Å². The summed E-state index contributed by atoms with van der Waals surface area (Å²) < 4.78 is 1.75. The van der Waals surface area contributed by atoms with Crippen LogP contribution in [-0.4, -0.2) is 39.2 Å². The summed E-state index contributed by atoms with van der Waals surface area (Å²) in [7, 11) is 4.33. The monoisotopic (exact) mass is 460 g/mol. The van der Waals surface area contributed by atoms with Gasteiger partial charge in [-0.25, -0.2) is 9.97 Å². The summed E-state index contributed by atoms with van der Waals surface area (Å²) in [6, 6.07) is 0.0865. The maximum absolute atomic E-state index is 13.1. The van der Waals surface area contributed by atoms with Crippen molar-refractivity contribution in [3.8, 4) is 0 Å². The Balaban J connectivity index is 0.000000707. The number of fused-ring (bicyclic) bond motifs is 1. The molecule has 7 nitrogen and oxygen atoms in total. The number of piperidine rings is 1. The lowest BCUT2D eigenvalue weighted by Crippen LogP contribution is -2.34. The molecular formula is C19H30Cl2N6OS. The molecule has 1 aliphatic carbocycles. The summed E-state index contributed by atoms with van der Waals surface area (Å²) in [6.45, 7) is 8.91. The minimum absolute atomic E-state index is 0.0865. The van der Waals surface area contributed by atoms with Gasteiger partial charge in [0.2, 0.25) is 5.28 Å². The largest absolute Gasteiger partial charge is 0.365 e. The second-order valence-corrected chi connectivity index (χ2v) is 7.47. The zero-order valence-corrected chi connectivity index (χ0v) is 19.6. The Morgan fingerprint density at radius 3 is 2.52 bits per heavy atom. The zero-order chi connectivity index (χ0) is 21.4. The summed E-state index contributed by atoms with van der Waals surface area (Å²) >= 11 is 8.96. The minimum Gasteiger partial charge on any atom is -0.365 e. The lowest BCUT2D eigenvalue weighted by molar-refractivity contribution is 0.389. The van der Waals surface area contributed by atoms with Crippen molar-refractivity contribution in [3.63, 3.8) is 0 Å².